The van der Waals surface area contributed by atoms with Crippen molar-refractivity contribution in [2.75, 3.05) is 6.54 Å². The normalized spacial score (nSPS) is 10.7. The Labute approximate surface area is 121 Å². The van der Waals surface area contributed by atoms with Crippen LogP contribution in [0, 0.1) is 19.8 Å². The molecule has 0 atom stereocenters. The quantitative estimate of drug-likeness (QED) is 0.775. The number of Topliss-reactive ketones (excluding diaryl/α,β-unsaturated/α-hetero) is 1. The zero-order valence-corrected chi connectivity index (χ0v) is 13.0. The first-order valence-electron chi connectivity index (χ1n) is 7.27. The van der Waals surface area contributed by atoms with E-state index >= 15 is 0 Å². The van der Waals surface area contributed by atoms with Crippen LogP contribution in [0.4, 0.5) is 0 Å². The zero-order chi connectivity index (χ0) is 15.1. The predicted molar refractivity (Wildman–Crippen MR) is 81.9 cm³/mol. The standard InChI is InChI=1S/C17H25NO2/c1-12(2)9-10-18-17(20)8-7-16(19)15-11-13(3)5-6-14(15)4/h5-6,11-12H,7-10H2,1-4H3,(H,18,20). The molecule has 0 fully saturated rings. The summed E-state index contributed by atoms with van der Waals surface area (Å²) in [6, 6.07) is 5.84. The lowest BCUT2D eigenvalue weighted by molar-refractivity contribution is -0.121. The van der Waals surface area contributed by atoms with E-state index in [0.717, 1.165) is 23.1 Å². The summed E-state index contributed by atoms with van der Waals surface area (Å²) in [6.07, 6.45) is 1.51. The van der Waals surface area contributed by atoms with Gasteiger partial charge in [-0.05, 0) is 37.8 Å². The van der Waals surface area contributed by atoms with Crippen molar-refractivity contribution in [1.82, 2.24) is 5.32 Å². The van der Waals surface area contributed by atoms with Gasteiger partial charge in [-0.1, -0.05) is 31.5 Å². The van der Waals surface area contributed by atoms with Gasteiger partial charge < -0.3 is 5.32 Å². The molecule has 1 N–H and O–H groups in total. The fraction of sp³-hybridized carbons (Fsp3) is 0.529. The van der Waals surface area contributed by atoms with Crippen molar-refractivity contribution in [3.05, 3.63) is 34.9 Å². The number of nitrogens with one attached hydrogen (secondary N) is 1. The Morgan fingerprint density at radius 2 is 1.85 bits per heavy atom. The molecule has 3 heteroatoms. The number of ketones is 1. The Kier molecular flexibility index (Phi) is 6.43. The van der Waals surface area contributed by atoms with Crippen molar-refractivity contribution in [2.24, 2.45) is 5.92 Å². The summed E-state index contributed by atoms with van der Waals surface area (Å²) in [6.45, 7) is 8.82. The SMILES string of the molecule is Cc1ccc(C)c(C(=O)CCC(=O)NCCC(C)C)c1. The second kappa shape index (κ2) is 7.83. The number of rotatable bonds is 7. The minimum Gasteiger partial charge on any atom is -0.356 e. The van der Waals surface area contributed by atoms with Crippen molar-refractivity contribution >= 4 is 11.7 Å². The van der Waals surface area contributed by atoms with Crippen molar-refractivity contribution in [2.45, 2.75) is 47.0 Å². The first-order chi connectivity index (χ1) is 9.40. The second-order valence-electron chi connectivity index (χ2n) is 5.77. The maximum atomic E-state index is 12.1. The summed E-state index contributed by atoms with van der Waals surface area (Å²) in [7, 11) is 0. The average molecular weight is 275 g/mol. The lowest BCUT2D eigenvalue weighted by Crippen LogP contribution is -2.25. The minimum absolute atomic E-state index is 0.0377. The van der Waals surface area contributed by atoms with Gasteiger partial charge in [0.2, 0.25) is 5.91 Å². The molecular weight excluding hydrogens is 250 g/mol. The van der Waals surface area contributed by atoms with E-state index in [-0.39, 0.29) is 24.5 Å². The van der Waals surface area contributed by atoms with Crippen LogP contribution < -0.4 is 5.32 Å². The highest BCUT2D eigenvalue weighted by molar-refractivity contribution is 5.99. The van der Waals surface area contributed by atoms with Crippen LogP contribution >= 0.6 is 0 Å². The summed E-state index contributed by atoms with van der Waals surface area (Å²) >= 11 is 0. The van der Waals surface area contributed by atoms with Crippen LogP contribution in [-0.2, 0) is 4.79 Å². The molecule has 20 heavy (non-hydrogen) atoms. The Balaban J connectivity index is 2.43. The highest BCUT2D eigenvalue weighted by atomic mass is 16.2. The molecule has 1 aromatic carbocycles. The molecule has 0 spiro atoms. The number of aryl methyl sites for hydroxylation is 2. The highest BCUT2D eigenvalue weighted by Crippen LogP contribution is 2.13. The van der Waals surface area contributed by atoms with E-state index in [9.17, 15) is 9.59 Å². The van der Waals surface area contributed by atoms with E-state index in [1.807, 2.05) is 32.0 Å². The number of amides is 1. The third kappa shape index (κ3) is 5.55. The molecule has 0 unspecified atom stereocenters. The predicted octanol–water partition coefficient (Wildman–Crippen LogP) is 3.43. The maximum absolute atomic E-state index is 12.1. The third-order valence-electron chi connectivity index (χ3n) is 3.32. The number of carbonyl (C=O) groups is 2. The molecule has 1 aromatic rings. The van der Waals surface area contributed by atoms with Crippen molar-refractivity contribution in [1.29, 1.82) is 0 Å². The van der Waals surface area contributed by atoms with Gasteiger partial charge in [0.05, 0.1) is 0 Å². The molecule has 0 aliphatic carbocycles. The number of carbonyl (C=O) groups excluding carboxylic acids is 2. The molecule has 3 nitrogen and oxygen atoms in total. The first-order valence-corrected chi connectivity index (χ1v) is 7.27. The van der Waals surface area contributed by atoms with E-state index < -0.39 is 0 Å². The van der Waals surface area contributed by atoms with Crippen molar-refractivity contribution in [3.63, 3.8) is 0 Å². The van der Waals surface area contributed by atoms with Gasteiger partial charge >= 0.3 is 0 Å². The fourth-order valence-corrected chi connectivity index (χ4v) is 1.99. The van der Waals surface area contributed by atoms with Gasteiger partial charge in [0.1, 0.15) is 0 Å². The molecule has 0 saturated heterocycles. The average Bonchev–Trinajstić information content (AvgIpc) is 2.38. The molecule has 0 aromatic heterocycles. The largest absolute Gasteiger partial charge is 0.356 e. The van der Waals surface area contributed by atoms with Crippen LogP contribution in [0.15, 0.2) is 18.2 Å². The molecule has 0 heterocycles. The molecule has 110 valence electrons. The van der Waals surface area contributed by atoms with Gasteiger partial charge in [0, 0.05) is 24.9 Å². The fourth-order valence-electron chi connectivity index (χ4n) is 1.99. The van der Waals surface area contributed by atoms with E-state index in [1.54, 1.807) is 0 Å². The van der Waals surface area contributed by atoms with Crippen molar-refractivity contribution < 1.29 is 9.59 Å². The van der Waals surface area contributed by atoms with Crippen molar-refractivity contribution in [3.8, 4) is 0 Å². The van der Waals surface area contributed by atoms with Crippen LogP contribution in [-0.4, -0.2) is 18.2 Å². The number of hydrogen-bond acceptors (Lipinski definition) is 2. The zero-order valence-electron chi connectivity index (χ0n) is 13.0. The van der Waals surface area contributed by atoms with Gasteiger partial charge in [-0.25, -0.2) is 0 Å². The van der Waals surface area contributed by atoms with Gasteiger partial charge in [-0.2, -0.15) is 0 Å². The summed E-state index contributed by atoms with van der Waals surface area (Å²) in [5, 5.41) is 2.86. The molecule has 0 saturated carbocycles. The van der Waals surface area contributed by atoms with Crippen LogP contribution in [0.5, 0.6) is 0 Å². The Morgan fingerprint density at radius 3 is 2.50 bits per heavy atom. The summed E-state index contributed by atoms with van der Waals surface area (Å²) in [5.74, 6) is 0.585. The smallest absolute Gasteiger partial charge is 0.220 e. The van der Waals surface area contributed by atoms with Crippen LogP contribution in [0.2, 0.25) is 0 Å². The van der Waals surface area contributed by atoms with Gasteiger partial charge in [0.15, 0.2) is 5.78 Å². The topological polar surface area (TPSA) is 46.2 Å². The molecule has 0 bridgehead atoms. The van der Waals surface area contributed by atoms with E-state index in [1.165, 1.54) is 0 Å². The number of hydrogen-bond donors (Lipinski definition) is 1. The molecular formula is C17H25NO2. The van der Waals surface area contributed by atoms with Crippen LogP contribution in [0.3, 0.4) is 0 Å². The lowest BCUT2D eigenvalue weighted by atomic mass is 9.99. The monoisotopic (exact) mass is 275 g/mol. The second-order valence-corrected chi connectivity index (χ2v) is 5.77. The molecule has 0 aliphatic rings. The Bertz CT molecular complexity index is 478. The summed E-state index contributed by atoms with van der Waals surface area (Å²) in [4.78, 5) is 23.8. The van der Waals surface area contributed by atoms with E-state index in [0.29, 0.717) is 12.5 Å². The van der Waals surface area contributed by atoms with Gasteiger partial charge in [-0.3, -0.25) is 9.59 Å². The molecule has 1 amide bonds. The highest BCUT2D eigenvalue weighted by Gasteiger charge is 2.11. The van der Waals surface area contributed by atoms with Gasteiger partial charge in [-0.15, -0.1) is 0 Å². The Morgan fingerprint density at radius 1 is 1.15 bits per heavy atom. The van der Waals surface area contributed by atoms with Crippen LogP contribution in [0.1, 0.15) is 54.6 Å². The van der Waals surface area contributed by atoms with E-state index in [4.69, 9.17) is 0 Å². The molecule has 1 rings (SSSR count). The maximum Gasteiger partial charge on any atom is 0.220 e. The molecule has 0 aliphatic heterocycles. The van der Waals surface area contributed by atoms with Gasteiger partial charge in [0.25, 0.3) is 0 Å². The number of benzene rings is 1. The first kappa shape index (κ1) is 16.4. The Hall–Kier alpha value is -1.64. The third-order valence-corrected chi connectivity index (χ3v) is 3.32. The summed E-state index contributed by atoms with van der Waals surface area (Å²) in [5.41, 5.74) is 2.78. The van der Waals surface area contributed by atoms with E-state index in [2.05, 4.69) is 19.2 Å². The van der Waals surface area contributed by atoms with Crippen LogP contribution in [0.25, 0.3) is 0 Å². The molecule has 0 radical (unpaired) electrons. The minimum atomic E-state index is -0.0377. The summed E-state index contributed by atoms with van der Waals surface area (Å²) < 4.78 is 0. The lowest BCUT2D eigenvalue weighted by Gasteiger charge is -2.08.